The zero-order valence-corrected chi connectivity index (χ0v) is 14.9. The van der Waals surface area contributed by atoms with Crippen LogP contribution in [0.5, 0.6) is 11.5 Å². The number of carbonyl (C=O) groups excluding carboxylic acids is 1. The highest BCUT2D eigenvalue weighted by Crippen LogP contribution is 2.25. The van der Waals surface area contributed by atoms with E-state index in [1.165, 1.54) is 0 Å². The number of hydrogen-bond acceptors (Lipinski definition) is 4. The van der Waals surface area contributed by atoms with Crippen molar-refractivity contribution in [1.82, 2.24) is 4.90 Å². The van der Waals surface area contributed by atoms with E-state index in [4.69, 9.17) is 9.47 Å². The van der Waals surface area contributed by atoms with Crippen LogP contribution in [0.2, 0.25) is 0 Å². The van der Waals surface area contributed by atoms with E-state index in [2.05, 4.69) is 11.0 Å². The number of ether oxygens (including phenoxy) is 2. The van der Waals surface area contributed by atoms with Gasteiger partial charge in [0, 0.05) is 31.4 Å². The molecule has 1 aliphatic heterocycles. The molecule has 0 saturated carbocycles. The molecule has 1 heterocycles. The third-order valence-electron chi connectivity index (χ3n) is 4.67. The first-order valence-corrected chi connectivity index (χ1v) is 8.45. The van der Waals surface area contributed by atoms with Crippen molar-refractivity contribution in [3.05, 3.63) is 54.1 Å². The van der Waals surface area contributed by atoms with E-state index in [0.29, 0.717) is 6.54 Å². The van der Waals surface area contributed by atoms with Gasteiger partial charge in [0.05, 0.1) is 20.3 Å². The molecule has 2 aromatic rings. The van der Waals surface area contributed by atoms with Crippen LogP contribution in [-0.2, 0) is 11.3 Å². The van der Waals surface area contributed by atoms with Gasteiger partial charge in [-0.2, -0.15) is 0 Å². The molecule has 0 bridgehead atoms. The van der Waals surface area contributed by atoms with Crippen LogP contribution < -0.4 is 14.4 Å². The van der Waals surface area contributed by atoms with Crippen molar-refractivity contribution in [3.8, 4) is 11.5 Å². The highest BCUT2D eigenvalue weighted by molar-refractivity contribution is 5.97. The Morgan fingerprint density at radius 2 is 1.68 bits per heavy atom. The first-order valence-electron chi connectivity index (χ1n) is 8.45. The number of benzene rings is 2. The topological polar surface area (TPSA) is 42.0 Å². The van der Waals surface area contributed by atoms with Crippen molar-refractivity contribution in [3.63, 3.8) is 0 Å². The van der Waals surface area contributed by atoms with Crippen molar-refractivity contribution >= 4 is 11.6 Å². The predicted molar refractivity (Wildman–Crippen MR) is 98.2 cm³/mol. The lowest BCUT2D eigenvalue weighted by atomic mass is 10.1. The van der Waals surface area contributed by atoms with Crippen molar-refractivity contribution in [2.45, 2.75) is 19.5 Å². The summed E-state index contributed by atoms with van der Waals surface area (Å²) in [6, 6.07) is 15.5. The molecule has 5 nitrogen and oxygen atoms in total. The standard InChI is InChI=1S/C20H24N2O3/c1-15-20(23)22(17-7-5-9-19(13-17)25-3)11-10-21(15)14-16-6-4-8-18(12-16)24-2/h4-9,12-13,15H,10-11,14H2,1-3H3. The maximum Gasteiger partial charge on any atom is 0.244 e. The summed E-state index contributed by atoms with van der Waals surface area (Å²) in [5, 5.41) is 0. The molecule has 0 N–H and O–H groups in total. The van der Waals surface area contributed by atoms with Gasteiger partial charge in [-0.15, -0.1) is 0 Å². The molecule has 3 rings (SSSR count). The van der Waals surface area contributed by atoms with Gasteiger partial charge in [-0.3, -0.25) is 9.69 Å². The zero-order chi connectivity index (χ0) is 17.8. The van der Waals surface area contributed by atoms with E-state index in [0.717, 1.165) is 35.8 Å². The molecule has 1 atom stereocenters. The van der Waals surface area contributed by atoms with Gasteiger partial charge >= 0.3 is 0 Å². The molecule has 2 aromatic carbocycles. The van der Waals surface area contributed by atoms with Crippen molar-refractivity contribution in [2.24, 2.45) is 0 Å². The van der Waals surface area contributed by atoms with Crippen LogP contribution in [0.25, 0.3) is 0 Å². The lowest BCUT2D eigenvalue weighted by Gasteiger charge is -2.39. The third kappa shape index (κ3) is 3.77. The predicted octanol–water partition coefficient (Wildman–Crippen LogP) is 2.94. The second-order valence-electron chi connectivity index (χ2n) is 6.19. The fourth-order valence-corrected chi connectivity index (χ4v) is 3.17. The van der Waals surface area contributed by atoms with Crippen LogP contribution in [0.4, 0.5) is 5.69 Å². The van der Waals surface area contributed by atoms with Crippen LogP contribution in [0.15, 0.2) is 48.5 Å². The molecule has 1 amide bonds. The Hall–Kier alpha value is -2.53. The molecule has 0 radical (unpaired) electrons. The molecule has 0 spiro atoms. The Balaban J connectivity index is 1.72. The maximum atomic E-state index is 12.9. The maximum absolute atomic E-state index is 12.9. The number of methoxy groups -OCH3 is 2. The summed E-state index contributed by atoms with van der Waals surface area (Å²) < 4.78 is 10.6. The van der Waals surface area contributed by atoms with E-state index in [9.17, 15) is 4.79 Å². The second-order valence-corrected chi connectivity index (χ2v) is 6.19. The van der Waals surface area contributed by atoms with Crippen molar-refractivity contribution < 1.29 is 14.3 Å². The van der Waals surface area contributed by atoms with Crippen LogP contribution in [0.3, 0.4) is 0 Å². The number of rotatable bonds is 5. The fourth-order valence-electron chi connectivity index (χ4n) is 3.17. The SMILES string of the molecule is COc1cccc(CN2CCN(c3cccc(OC)c3)C(=O)C2C)c1. The van der Waals surface area contributed by atoms with E-state index in [-0.39, 0.29) is 11.9 Å². The Labute approximate surface area is 148 Å². The highest BCUT2D eigenvalue weighted by Gasteiger charge is 2.32. The van der Waals surface area contributed by atoms with Gasteiger partial charge in [-0.25, -0.2) is 0 Å². The molecule has 0 aromatic heterocycles. The summed E-state index contributed by atoms with van der Waals surface area (Å²) in [5.74, 6) is 1.71. The summed E-state index contributed by atoms with van der Waals surface area (Å²) in [7, 11) is 3.30. The number of carbonyl (C=O) groups is 1. The number of hydrogen-bond donors (Lipinski definition) is 0. The van der Waals surface area contributed by atoms with Gasteiger partial charge in [0.25, 0.3) is 0 Å². The zero-order valence-electron chi connectivity index (χ0n) is 14.9. The lowest BCUT2D eigenvalue weighted by molar-refractivity contribution is -0.125. The van der Waals surface area contributed by atoms with Gasteiger partial charge in [-0.1, -0.05) is 18.2 Å². The molecule has 132 valence electrons. The van der Waals surface area contributed by atoms with Gasteiger partial charge in [0.15, 0.2) is 0 Å². The van der Waals surface area contributed by atoms with Crippen LogP contribution in [0.1, 0.15) is 12.5 Å². The number of piperazine rings is 1. The van der Waals surface area contributed by atoms with E-state index < -0.39 is 0 Å². The highest BCUT2D eigenvalue weighted by atomic mass is 16.5. The van der Waals surface area contributed by atoms with Gasteiger partial charge in [0.1, 0.15) is 11.5 Å². The monoisotopic (exact) mass is 340 g/mol. The van der Waals surface area contributed by atoms with E-state index in [1.807, 2.05) is 54.3 Å². The summed E-state index contributed by atoms with van der Waals surface area (Å²) in [5.41, 5.74) is 2.03. The van der Waals surface area contributed by atoms with Gasteiger partial charge in [-0.05, 0) is 36.8 Å². The fraction of sp³-hybridized carbons (Fsp3) is 0.350. The third-order valence-corrected chi connectivity index (χ3v) is 4.67. The normalized spacial score (nSPS) is 18.3. The van der Waals surface area contributed by atoms with E-state index >= 15 is 0 Å². The Bertz CT molecular complexity index is 747. The average Bonchev–Trinajstić information content (AvgIpc) is 2.66. The summed E-state index contributed by atoms with van der Waals surface area (Å²) in [6.07, 6.45) is 0. The first-order chi connectivity index (χ1) is 12.1. The van der Waals surface area contributed by atoms with E-state index in [1.54, 1.807) is 14.2 Å². The Morgan fingerprint density at radius 3 is 2.40 bits per heavy atom. The number of nitrogens with zero attached hydrogens (tertiary/aromatic N) is 2. The largest absolute Gasteiger partial charge is 0.497 e. The average molecular weight is 340 g/mol. The van der Waals surface area contributed by atoms with Gasteiger partial charge < -0.3 is 14.4 Å². The van der Waals surface area contributed by atoms with Crippen molar-refractivity contribution in [2.75, 3.05) is 32.2 Å². The Morgan fingerprint density at radius 1 is 1.00 bits per heavy atom. The number of anilines is 1. The van der Waals surface area contributed by atoms with Crippen LogP contribution in [0, 0.1) is 0 Å². The molecular formula is C20H24N2O3. The number of amides is 1. The summed E-state index contributed by atoms with van der Waals surface area (Å²) in [6.45, 7) is 4.19. The van der Waals surface area contributed by atoms with Crippen LogP contribution >= 0.6 is 0 Å². The summed E-state index contributed by atoms with van der Waals surface area (Å²) in [4.78, 5) is 16.9. The molecule has 1 fully saturated rings. The van der Waals surface area contributed by atoms with Crippen molar-refractivity contribution in [1.29, 1.82) is 0 Å². The van der Waals surface area contributed by atoms with Gasteiger partial charge in [0.2, 0.25) is 5.91 Å². The summed E-state index contributed by atoms with van der Waals surface area (Å²) >= 11 is 0. The minimum atomic E-state index is -0.175. The van der Waals surface area contributed by atoms with Crippen LogP contribution in [-0.4, -0.2) is 44.2 Å². The Kier molecular flexibility index (Phi) is 5.24. The molecule has 1 aliphatic rings. The first kappa shape index (κ1) is 17.3. The molecule has 0 aliphatic carbocycles. The second kappa shape index (κ2) is 7.57. The molecular weight excluding hydrogens is 316 g/mol. The molecule has 25 heavy (non-hydrogen) atoms. The smallest absolute Gasteiger partial charge is 0.244 e. The molecule has 5 heteroatoms. The minimum absolute atomic E-state index is 0.113. The lowest BCUT2D eigenvalue weighted by Crippen LogP contribution is -2.55. The quantitative estimate of drug-likeness (QED) is 0.839. The minimum Gasteiger partial charge on any atom is -0.497 e. The molecule has 1 saturated heterocycles. The molecule has 1 unspecified atom stereocenters.